The molecule has 0 aromatic heterocycles. The van der Waals surface area contributed by atoms with Crippen molar-refractivity contribution in [3.05, 3.63) is 82.9 Å². The lowest BCUT2D eigenvalue weighted by atomic mass is 9.96. The zero-order chi connectivity index (χ0) is 31.4. The number of piperidine rings is 1. The van der Waals surface area contributed by atoms with Crippen LogP contribution in [0.25, 0.3) is 10.8 Å². The first-order chi connectivity index (χ1) is 21.1. The van der Waals surface area contributed by atoms with E-state index in [1.807, 2.05) is 56.4 Å². The topological polar surface area (TPSA) is 116 Å². The van der Waals surface area contributed by atoms with Gasteiger partial charge in [-0.1, -0.05) is 66.2 Å². The molecule has 2 fully saturated rings. The van der Waals surface area contributed by atoms with Gasteiger partial charge in [0.05, 0.1) is 6.54 Å². The van der Waals surface area contributed by atoms with E-state index in [0.29, 0.717) is 17.0 Å². The Kier molecular flexibility index (Phi) is 9.86. The van der Waals surface area contributed by atoms with Gasteiger partial charge in [0.1, 0.15) is 12.1 Å². The molecule has 10 heteroatoms. The van der Waals surface area contributed by atoms with E-state index in [1.54, 1.807) is 29.2 Å². The lowest BCUT2D eigenvalue weighted by molar-refractivity contribution is -0.148. The Morgan fingerprint density at radius 3 is 2.41 bits per heavy atom. The molecule has 9 nitrogen and oxygen atoms in total. The van der Waals surface area contributed by atoms with Gasteiger partial charge in [-0.2, -0.15) is 0 Å². The van der Waals surface area contributed by atoms with Crippen molar-refractivity contribution in [3.63, 3.8) is 0 Å². The van der Waals surface area contributed by atoms with Gasteiger partial charge in [0, 0.05) is 29.9 Å². The zero-order valence-corrected chi connectivity index (χ0v) is 26.0. The lowest BCUT2D eigenvalue weighted by Gasteiger charge is -2.36. The molecule has 4 amide bonds. The van der Waals surface area contributed by atoms with E-state index in [1.165, 1.54) is 4.90 Å². The van der Waals surface area contributed by atoms with Crippen molar-refractivity contribution in [2.75, 3.05) is 33.2 Å². The Balaban J connectivity index is 1.44. The third kappa shape index (κ3) is 6.89. The average molecular weight is 618 g/mol. The number of primary amides is 1. The number of halogens is 1. The van der Waals surface area contributed by atoms with Crippen LogP contribution in [-0.2, 0) is 25.6 Å². The summed E-state index contributed by atoms with van der Waals surface area (Å²) in [5.41, 5.74) is 7.42. The van der Waals surface area contributed by atoms with E-state index in [9.17, 15) is 19.2 Å². The number of carbonyl (C=O) groups excluding carboxylic acids is 4. The van der Waals surface area contributed by atoms with Crippen molar-refractivity contribution in [1.29, 1.82) is 0 Å². The minimum absolute atomic E-state index is 0.146. The first kappa shape index (κ1) is 31.5. The molecule has 3 atom stereocenters. The van der Waals surface area contributed by atoms with Crippen LogP contribution in [0.5, 0.6) is 0 Å². The highest BCUT2D eigenvalue weighted by molar-refractivity contribution is 6.30. The van der Waals surface area contributed by atoms with Crippen LogP contribution >= 0.6 is 11.6 Å². The first-order valence-corrected chi connectivity index (χ1v) is 15.6. The molecule has 0 saturated carbocycles. The second-order valence-electron chi connectivity index (χ2n) is 12.0. The van der Waals surface area contributed by atoms with Gasteiger partial charge in [0.2, 0.25) is 17.7 Å². The summed E-state index contributed by atoms with van der Waals surface area (Å²) in [5.74, 6) is -1.69. The maximum absolute atomic E-state index is 14.5. The molecule has 0 aliphatic carbocycles. The molecule has 0 bridgehead atoms. The number of likely N-dealkylation sites (tertiary alicyclic amines) is 1. The fourth-order valence-corrected chi connectivity index (χ4v) is 6.70. The Labute approximate surface area is 263 Å². The molecule has 3 aromatic carbocycles. The van der Waals surface area contributed by atoms with Gasteiger partial charge in [-0.3, -0.25) is 19.2 Å². The summed E-state index contributed by atoms with van der Waals surface area (Å²) < 4.78 is 0. The molecule has 3 N–H and O–H groups in total. The highest BCUT2D eigenvalue weighted by atomic mass is 35.5. The maximum atomic E-state index is 14.5. The van der Waals surface area contributed by atoms with Gasteiger partial charge in [0.25, 0.3) is 5.91 Å². The fourth-order valence-electron chi connectivity index (χ4n) is 6.50. The number of nitrogens with two attached hydrogens (primary N) is 1. The van der Waals surface area contributed by atoms with Gasteiger partial charge in [-0.05, 0) is 80.4 Å². The molecule has 5 rings (SSSR count). The Hall–Kier alpha value is -3.95. The van der Waals surface area contributed by atoms with Crippen LogP contribution in [-0.4, -0.2) is 83.6 Å². The lowest BCUT2D eigenvalue weighted by Crippen LogP contribution is -2.53. The van der Waals surface area contributed by atoms with Gasteiger partial charge in [0.15, 0.2) is 0 Å². The number of amides is 4. The molecule has 2 heterocycles. The molecule has 3 unspecified atom stereocenters. The molecule has 0 spiro atoms. The molecule has 232 valence electrons. The van der Waals surface area contributed by atoms with Crippen LogP contribution in [0.2, 0.25) is 5.02 Å². The number of nitrogens with one attached hydrogen (secondary N) is 1. The third-order valence-electron chi connectivity index (χ3n) is 9.01. The fraction of sp³-hybridized carbons (Fsp3) is 0.412. The van der Waals surface area contributed by atoms with Crippen molar-refractivity contribution in [3.8, 4) is 0 Å². The van der Waals surface area contributed by atoms with Crippen molar-refractivity contribution in [1.82, 2.24) is 20.0 Å². The van der Waals surface area contributed by atoms with E-state index in [2.05, 4.69) is 10.2 Å². The second-order valence-corrected chi connectivity index (χ2v) is 12.4. The average Bonchev–Trinajstić information content (AvgIpc) is 3.14. The molecule has 3 aromatic rings. The van der Waals surface area contributed by atoms with Gasteiger partial charge in [-0.15, -0.1) is 0 Å². The minimum Gasteiger partial charge on any atom is -0.368 e. The minimum atomic E-state index is -1.05. The number of fused-ring (bicyclic) bond motifs is 1. The number of hydrogen-bond acceptors (Lipinski definition) is 5. The summed E-state index contributed by atoms with van der Waals surface area (Å²) in [6, 6.07) is 18.3. The highest BCUT2D eigenvalue weighted by Gasteiger charge is 2.43. The van der Waals surface area contributed by atoms with Gasteiger partial charge in [-0.25, -0.2) is 0 Å². The van der Waals surface area contributed by atoms with Crippen LogP contribution in [0.3, 0.4) is 0 Å². The van der Waals surface area contributed by atoms with Crippen molar-refractivity contribution < 1.29 is 19.2 Å². The SMILES string of the molecule is CC1CCN(C(Cc2cccc3ccccc23)C(N)=O)C(=O)C(c2cccc(Cl)c2)N1C(=O)CNC(=O)C1CCN(C)CC1. The Morgan fingerprint density at radius 1 is 0.977 bits per heavy atom. The highest BCUT2D eigenvalue weighted by Crippen LogP contribution is 2.33. The molecule has 2 aliphatic rings. The van der Waals surface area contributed by atoms with E-state index in [-0.39, 0.29) is 43.3 Å². The van der Waals surface area contributed by atoms with Crippen molar-refractivity contribution in [2.45, 2.75) is 50.7 Å². The third-order valence-corrected chi connectivity index (χ3v) is 9.25. The van der Waals surface area contributed by atoms with E-state index in [4.69, 9.17) is 17.3 Å². The van der Waals surface area contributed by atoms with Crippen molar-refractivity contribution >= 4 is 46.0 Å². The molecule has 2 aliphatic heterocycles. The zero-order valence-electron chi connectivity index (χ0n) is 25.2. The summed E-state index contributed by atoms with van der Waals surface area (Å²) in [6.45, 7) is 3.55. The summed E-state index contributed by atoms with van der Waals surface area (Å²) in [4.78, 5) is 59.6. The predicted octanol–water partition coefficient (Wildman–Crippen LogP) is 3.54. The molecule has 2 saturated heterocycles. The van der Waals surface area contributed by atoms with Gasteiger partial charge >= 0.3 is 0 Å². The summed E-state index contributed by atoms with van der Waals surface area (Å²) >= 11 is 6.36. The number of rotatable bonds is 8. The Bertz CT molecular complexity index is 1530. The van der Waals surface area contributed by atoms with Crippen LogP contribution in [0.1, 0.15) is 43.4 Å². The number of nitrogens with zero attached hydrogens (tertiary/aromatic N) is 3. The van der Waals surface area contributed by atoms with E-state index in [0.717, 1.165) is 42.3 Å². The van der Waals surface area contributed by atoms with E-state index >= 15 is 0 Å². The molecular weight excluding hydrogens is 578 g/mol. The first-order valence-electron chi connectivity index (χ1n) is 15.2. The largest absolute Gasteiger partial charge is 0.368 e. The van der Waals surface area contributed by atoms with Crippen LogP contribution < -0.4 is 11.1 Å². The summed E-state index contributed by atoms with van der Waals surface area (Å²) in [6.07, 6.45) is 2.14. The molecule has 44 heavy (non-hydrogen) atoms. The normalized spacial score (nSPS) is 20.8. The standard InChI is InChI=1S/C34H40ClN5O4/c1-22-13-18-39(29(32(36)42)20-25-9-5-8-23-7-3-4-12-28(23)25)34(44)31(26-10-6-11-27(35)19-26)40(22)30(41)21-37-33(43)24-14-16-38(2)17-15-24/h3-12,19,22,24,29,31H,13-18,20-21H2,1-2H3,(H2,36,42)(H,37,43). The van der Waals surface area contributed by atoms with Crippen LogP contribution in [0.4, 0.5) is 0 Å². The summed E-state index contributed by atoms with van der Waals surface area (Å²) in [7, 11) is 2.03. The van der Waals surface area contributed by atoms with Gasteiger partial charge < -0.3 is 25.8 Å². The number of benzene rings is 3. The van der Waals surface area contributed by atoms with Crippen molar-refractivity contribution in [2.24, 2.45) is 11.7 Å². The second kappa shape index (κ2) is 13.8. The predicted molar refractivity (Wildman–Crippen MR) is 171 cm³/mol. The maximum Gasteiger partial charge on any atom is 0.250 e. The summed E-state index contributed by atoms with van der Waals surface area (Å²) in [5, 5.41) is 5.27. The van der Waals surface area contributed by atoms with Crippen LogP contribution in [0.15, 0.2) is 66.7 Å². The smallest absolute Gasteiger partial charge is 0.250 e. The molecule has 0 radical (unpaired) electrons. The number of hydrogen-bond donors (Lipinski definition) is 2. The van der Waals surface area contributed by atoms with E-state index < -0.39 is 23.9 Å². The Morgan fingerprint density at radius 2 is 1.68 bits per heavy atom. The quantitative estimate of drug-likeness (QED) is 0.401. The molecular formula is C34H40ClN5O4. The monoisotopic (exact) mass is 617 g/mol. The van der Waals surface area contributed by atoms with Crippen LogP contribution in [0, 0.1) is 5.92 Å². The number of carbonyl (C=O) groups is 4.